The molecule has 0 radical (unpaired) electrons. The number of phenolic OH excluding ortho intramolecular Hbond substituents is 1. The van der Waals surface area contributed by atoms with Gasteiger partial charge in [0.05, 0.1) is 18.1 Å². The van der Waals surface area contributed by atoms with Gasteiger partial charge in [-0.3, -0.25) is 9.69 Å². The van der Waals surface area contributed by atoms with Crippen LogP contribution in [0.3, 0.4) is 0 Å². The Morgan fingerprint density at radius 2 is 1.87 bits per heavy atom. The van der Waals surface area contributed by atoms with E-state index in [1.165, 1.54) is 12.1 Å². The normalized spacial score (nSPS) is 19.8. The van der Waals surface area contributed by atoms with Gasteiger partial charge in [-0.2, -0.15) is 13.2 Å². The second-order valence-electron chi connectivity index (χ2n) is 8.23. The zero-order chi connectivity index (χ0) is 22.6. The number of hydrogen-bond acceptors (Lipinski definition) is 4. The lowest BCUT2D eigenvalue weighted by Crippen LogP contribution is -2.47. The van der Waals surface area contributed by atoms with Crippen LogP contribution in [0.2, 0.25) is 0 Å². The van der Waals surface area contributed by atoms with Crippen LogP contribution < -0.4 is 4.74 Å². The number of halogens is 3. The molecule has 5 nitrogen and oxygen atoms in total. The number of likely N-dealkylation sites (tertiary alicyclic amines) is 1. The smallest absolute Gasteiger partial charge is 0.416 e. The van der Waals surface area contributed by atoms with Crippen LogP contribution in [-0.2, 0) is 17.5 Å². The molecule has 1 aliphatic rings. The van der Waals surface area contributed by atoms with Crippen molar-refractivity contribution >= 4 is 5.91 Å². The summed E-state index contributed by atoms with van der Waals surface area (Å²) in [5.74, 6) is 0.168. The van der Waals surface area contributed by atoms with E-state index >= 15 is 0 Å². The van der Waals surface area contributed by atoms with Crippen molar-refractivity contribution in [3.8, 4) is 11.5 Å². The number of hydrogen-bond donors (Lipinski definition) is 1. The van der Waals surface area contributed by atoms with E-state index < -0.39 is 11.7 Å². The molecule has 0 bridgehead atoms. The maximum Gasteiger partial charge on any atom is 0.416 e. The molecule has 1 amide bonds. The van der Waals surface area contributed by atoms with Crippen LogP contribution in [0, 0.1) is 11.8 Å². The minimum atomic E-state index is -4.42. The van der Waals surface area contributed by atoms with Gasteiger partial charge in [-0.15, -0.1) is 0 Å². The van der Waals surface area contributed by atoms with Crippen LogP contribution in [0.1, 0.15) is 17.5 Å². The number of nitrogens with zero attached hydrogens (tertiary/aromatic N) is 2. The zero-order valence-corrected chi connectivity index (χ0v) is 17.6. The van der Waals surface area contributed by atoms with Crippen molar-refractivity contribution < 1.29 is 27.8 Å². The number of aromatic hydroxyl groups is 1. The Balaban J connectivity index is 1.69. The number of carbonyl (C=O) groups is 1. The molecule has 0 spiro atoms. The lowest BCUT2D eigenvalue weighted by molar-refractivity contribution is -0.138. The van der Waals surface area contributed by atoms with Crippen molar-refractivity contribution in [3.05, 3.63) is 59.7 Å². The molecule has 0 unspecified atom stereocenters. The van der Waals surface area contributed by atoms with E-state index in [-0.39, 0.29) is 35.8 Å². The van der Waals surface area contributed by atoms with Crippen molar-refractivity contribution in [2.75, 3.05) is 33.8 Å². The van der Waals surface area contributed by atoms with Gasteiger partial charge >= 0.3 is 6.18 Å². The van der Waals surface area contributed by atoms with E-state index in [1.807, 2.05) is 12.1 Å². The monoisotopic (exact) mass is 436 g/mol. The first kappa shape index (κ1) is 22.9. The Labute approximate surface area is 180 Å². The van der Waals surface area contributed by atoms with E-state index in [9.17, 15) is 23.1 Å². The summed E-state index contributed by atoms with van der Waals surface area (Å²) < 4.78 is 44.5. The fourth-order valence-electron chi connectivity index (χ4n) is 3.93. The Kier molecular flexibility index (Phi) is 7.10. The number of rotatable bonds is 6. The van der Waals surface area contributed by atoms with Gasteiger partial charge in [-0.1, -0.05) is 18.2 Å². The number of benzene rings is 2. The van der Waals surface area contributed by atoms with Gasteiger partial charge in [0.15, 0.2) is 0 Å². The highest BCUT2D eigenvalue weighted by Gasteiger charge is 2.33. The largest absolute Gasteiger partial charge is 0.508 e. The van der Waals surface area contributed by atoms with Crippen molar-refractivity contribution in [1.82, 2.24) is 9.80 Å². The van der Waals surface area contributed by atoms with Gasteiger partial charge < -0.3 is 14.7 Å². The third-order valence-corrected chi connectivity index (χ3v) is 5.39. The Morgan fingerprint density at radius 1 is 1.16 bits per heavy atom. The second kappa shape index (κ2) is 9.60. The van der Waals surface area contributed by atoms with Gasteiger partial charge in [0, 0.05) is 39.6 Å². The van der Waals surface area contributed by atoms with E-state index in [0.29, 0.717) is 26.1 Å². The molecule has 8 heteroatoms. The topological polar surface area (TPSA) is 53.0 Å². The Hall–Kier alpha value is -2.74. The molecule has 2 atom stereocenters. The first-order valence-electron chi connectivity index (χ1n) is 10.1. The molecule has 2 aromatic rings. The summed E-state index contributed by atoms with van der Waals surface area (Å²) in [6.07, 6.45) is -3.81. The molecule has 3 rings (SSSR count). The van der Waals surface area contributed by atoms with E-state index in [4.69, 9.17) is 4.74 Å². The van der Waals surface area contributed by atoms with E-state index in [2.05, 4.69) is 4.90 Å². The quantitative estimate of drug-likeness (QED) is 0.743. The molecule has 31 heavy (non-hydrogen) atoms. The predicted octanol–water partition coefficient (Wildman–Crippen LogP) is 4.02. The molecule has 168 valence electrons. The summed E-state index contributed by atoms with van der Waals surface area (Å²) in [5.41, 5.74) is 0.261. The average Bonchev–Trinajstić information content (AvgIpc) is 2.73. The number of phenols is 1. The molecule has 1 fully saturated rings. The van der Waals surface area contributed by atoms with Crippen LogP contribution in [0.25, 0.3) is 0 Å². The standard InChI is InChI=1S/C23H27F3N2O3/c1-27(2)22(30)18-10-17(13-28(14-18)12-16-6-8-20(29)9-7-16)15-31-21-5-3-4-19(11-21)23(24,25)26/h3-9,11,17-18,29H,10,12-15H2,1-2H3/t17-,18+/m0/s1. The Morgan fingerprint density at radius 3 is 2.52 bits per heavy atom. The highest BCUT2D eigenvalue weighted by molar-refractivity contribution is 5.78. The van der Waals surface area contributed by atoms with Crippen molar-refractivity contribution in [2.45, 2.75) is 19.1 Å². The minimum absolute atomic E-state index is 0.00527. The third-order valence-electron chi connectivity index (χ3n) is 5.39. The number of carbonyl (C=O) groups excluding carboxylic acids is 1. The maximum atomic E-state index is 12.9. The van der Waals surface area contributed by atoms with Gasteiger partial charge in [-0.05, 0) is 42.3 Å². The lowest BCUT2D eigenvalue weighted by atomic mass is 9.88. The molecular formula is C23H27F3N2O3. The second-order valence-corrected chi connectivity index (χ2v) is 8.23. The summed E-state index contributed by atoms with van der Waals surface area (Å²) in [4.78, 5) is 16.3. The predicted molar refractivity (Wildman–Crippen MR) is 111 cm³/mol. The number of alkyl halides is 3. The molecule has 1 saturated heterocycles. The molecule has 1 heterocycles. The molecule has 1 N–H and O–H groups in total. The van der Waals surface area contributed by atoms with E-state index in [0.717, 1.165) is 17.7 Å². The lowest BCUT2D eigenvalue weighted by Gasteiger charge is -2.38. The number of piperidine rings is 1. The molecule has 2 aromatic carbocycles. The van der Waals surface area contributed by atoms with E-state index in [1.54, 1.807) is 31.1 Å². The van der Waals surface area contributed by atoms with Crippen LogP contribution in [0.15, 0.2) is 48.5 Å². The molecule has 0 aliphatic carbocycles. The summed E-state index contributed by atoms with van der Waals surface area (Å²) in [5, 5.41) is 9.48. The Bertz CT molecular complexity index is 884. The molecule has 0 aromatic heterocycles. The average molecular weight is 436 g/mol. The zero-order valence-electron chi connectivity index (χ0n) is 17.6. The fraction of sp³-hybridized carbons (Fsp3) is 0.435. The minimum Gasteiger partial charge on any atom is -0.508 e. The van der Waals surface area contributed by atoms with Crippen LogP contribution in [0.5, 0.6) is 11.5 Å². The SMILES string of the molecule is CN(C)C(=O)[C@@H]1C[C@H](COc2cccc(C(F)(F)F)c2)CN(Cc2ccc(O)cc2)C1. The molecule has 1 aliphatic heterocycles. The van der Waals surface area contributed by atoms with Crippen molar-refractivity contribution in [3.63, 3.8) is 0 Å². The van der Waals surface area contributed by atoms with Gasteiger partial charge in [0.1, 0.15) is 11.5 Å². The number of ether oxygens (including phenoxy) is 1. The maximum absolute atomic E-state index is 12.9. The molecular weight excluding hydrogens is 409 g/mol. The fourth-order valence-corrected chi connectivity index (χ4v) is 3.93. The summed E-state index contributed by atoms with van der Waals surface area (Å²) >= 11 is 0. The van der Waals surface area contributed by atoms with Crippen molar-refractivity contribution in [2.24, 2.45) is 11.8 Å². The summed E-state index contributed by atoms with van der Waals surface area (Å²) in [7, 11) is 3.44. The first-order chi connectivity index (χ1) is 14.6. The first-order valence-corrected chi connectivity index (χ1v) is 10.1. The summed E-state index contributed by atoms with van der Waals surface area (Å²) in [6, 6.07) is 11.8. The third kappa shape index (κ3) is 6.37. The van der Waals surface area contributed by atoms with Crippen LogP contribution in [0.4, 0.5) is 13.2 Å². The van der Waals surface area contributed by atoms with Crippen LogP contribution in [-0.4, -0.2) is 54.6 Å². The number of amides is 1. The van der Waals surface area contributed by atoms with Gasteiger partial charge in [0.2, 0.25) is 5.91 Å². The van der Waals surface area contributed by atoms with Crippen LogP contribution >= 0.6 is 0 Å². The molecule has 0 saturated carbocycles. The highest BCUT2D eigenvalue weighted by atomic mass is 19.4. The summed E-state index contributed by atoms with van der Waals surface area (Å²) in [6.45, 7) is 2.09. The van der Waals surface area contributed by atoms with Gasteiger partial charge in [-0.25, -0.2) is 0 Å². The van der Waals surface area contributed by atoms with Crippen molar-refractivity contribution in [1.29, 1.82) is 0 Å². The van der Waals surface area contributed by atoms with Gasteiger partial charge in [0.25, 0.3) is 0 Å². The highest BCUT2D eigenvalue weighted by Crippen LogP contribution is 2.32.